The summed E-state index contributed by atoms with van der Waals surface area (Å²) in [4.78, 5) is 9.27. The third-order valence-electron chi connectivity index (χ3n) is 5.49. The molecule has 3 rings (SSSR count). The van der Waals surface area contributed by atoms with Crippen molar-refractivity contribution in [3.63, 3.8) is 0 Å². The van der Waals surface area contributed by atoms with Gasteiger partial charge in [0.2, 0.25) is 0 Å². The summed E-state index contributed by atoms with van der Waals surface area (Å²) in [5, 5.41) is 6.82. The quantitative estimate of drug-likeness (QED) is 0.411. The van der Waals surface area contributed by atoms with E-state index >= 15 is 0 Å². The smallest absolute Gasteiger partial charge is 0.191 e. The molecule has 1 aliphatic rings. The molecule has 0 aromatic heterocycles. The summed E-state index contributed by atoms with van der Waals surface area (Å²) in [5.41, 5.74) is 4.05. The molecule has 0 aliphatic carbocycles. The molecule has 2 N–H and O–H groups in total. The van der Waals surface area contributed by atoms with Crippen LogP contribution in [0, 0.1) is 0 Å². The molecule has 1 saturated heterocycles. The summed E-state index contributed by atoms with van der Waals surface area (Å²) < 4.78 is 0. The zero-order valence-electron chi connectivity index (χ0n) is 17.9. The van der Waals surface area contributed by atoms with Crippen molar-refractivity contribution in [3.05, 3.63) is 71.3 Å². The van der Waals surface area contributed by atoms with Gasteiger partial charge >= 0.3 is 0 Å². The Morgan fingerprint density at radius 2 is 1.55 bits per heavy atom. The fourth-order valence-electron chi connectivity index (χ4n) is 3.58. The van der Waals surface area contributed by atoms with Gasteiger partial charge in [0.1, 0.15) is 0 Å². The van der Waals surface area contributed by atoms with Gasteiger partial charge in [-0.15, -0.1) is 0 Å². The maximum absolute atomic E-state index is 4.33. The molecule has 0 unspecified atom stereocenters. The molecule has 29 heavy (non-hydrogen) atoms. The summed E-state index contributed by atoms with van der Waals surface area (Å²) in [5.74, 6) is 0.861. The van der Waals surface area contributed by atoms with Crippen molar-refractivity contribution in [1.29, 1.82) is 0 Å². The number of guanidine groups is 1. The first-order chi connectivity index (χ1) is 14.2. The molecular weight excluding hydrogens is 358 g/mol. The van der Waals surface area contributed by atoms with E-state index in [9.17, 15) is 0 Å². The summed E-state index contributed by atoms with van der Waals surface area (Å²) in [6.07, 6.45) is 2.17. The lowest BCUT2D eigenvalue weighted by molar-refractivity contribution is 0.148. The Labute approximate surface area is 175 Å². The third-order valence-corrected chi connectivity index (χ3v) is 5.49. The zero-order valence-corrected chi connectivity index (χ0v) is 17.9. The summed E-state index contributed by atoms with van der Waals surface area (Å²) in [6.45, 7) is 7.40. The molecule has 0 atom stereocenters. The van der Waals surface area contributed by atoms with E-state index in [1.54, 1.807) is 0 Å². The highest BCUT2D eigenvalue weighted by atomic mass is 15.2. The number of aryl methyl sites for hydroxylation is 1. The Kier molecular flexibility index (Phi) is 8.53. The molecular formula is C24H35N5. The second-order valence-electron chi connectivity index (χ2n) is 7.84. The minimum absolute atomic E-state index is 0.785. The van der Waals surface area contributed by atoms with Crippen LogP contribution in [0.3, 0.4) is 0 Å². The molecule has 5 heteroatoms. The summed E-state index contributed by atoms with van der Waals surface area (Å²) >= 11 is 0. The van der Waals surface area contributed by atoms with E-state index in [0.717, 1.165) is 51.5 Å². The number of benzene rings is 2. The summed E-state index contributed by atoms with van der Waals surface area (Å²) in [7, 11) is 4.02. The molecule has 2 aromatic rings. The van der Waals surface area contributed by atoms with Crippen LogP contribution in [0.5, 0.6) is 0 Å². The molecule has 1 aliphatic heterocycles. The number of rotatable bonds is 8. The van der Waals surface area contributed by atoms with Gasteiger partial charge in [-0.3, -0.25) is 9.89 Å². The zero-order chi connectivity index (χ0) is 20.3. The van der Waals surface area contributed by atoms with Crippen LogP contribution in [0.25, 0.3) is 0 Å². The predicted octanol–water partition coefficient (Wildman–Crippen LogP) is 2.73. The van der Waals surface area contributed by atoms with E-state index in [1.165, 1.54) is 29.8 Å². The van der Waals surface area contributed by atoms with Crippen LogP contribution in [0.4, 0.5) is 0 Å². The molecule has 0 spiro atoms. The van der Waals surface area contributed by atoms with Crippen LogP contribution in [0.15, 0.2) is 59.6 Å². The molecule has 1 heterocycles. The maximum atomic E-state index is 4.33. The topological polar surface area (TPSA) is 42.9 Å². The number of nitrogens with one attached hydrogen (secondary N) is 2. The number of hydrogen-bond donors (Lipinski definition) is 2. The normalized spacial score (nSPS) is 16.0. The van der Waals surface area contributed by atoms with Gasteiger partial charge in [-0.2, -0.15) is 0 Å². The Bertz CT molecular complexity index is 734. The lowest BCUT2D eigenvalue weighted by Gasteiger charge is -2.32. The predicted molar refractivity (Wildman–Crippen MR) is 122 cm³/mol. The average molecular weight is 394 g/mol. The van der Waals surface area contributed by atoms with E-state index in [0.29, 0.717) is 0 Å². The largest absolute Gasteiger partial charge is 0.356 e. The van der Waals surface area contributed by atoms with Crippen LogP contribution >= 0.6 is 0 Å². The first kappa shape index (κ1) is 21.3. The van der Waals surface area contributed by atoms with Crippen molar-refractivity contribution in [2.24, 2.45) is 4.99 Å². The van der Waals surface area contributed by atoms with Crippen molar-refractivity contribution < 1.29 is 0 Å². The van der Waals surface area contributed by atoms with Gasteiger partial charge in [0.25, 0.3) is 0 Å². The number of aliphatic imine (C=N–C) groups is 1. The standard InChI is InChI=1S/C24H35N5/c1-25-24(26-14-6-9-21-7-4-3-5-8-21)27-19-22-10-12-23(13-11-22)20-29-17-15-28(2)16-18-29/h3-5,7-8,10-13H,6,9,14-20H2,1-2H3,(H2,25,26,27). The van der Waals surface area contributed by atoms with Gasteiger partial charge in [0.15, 0.2) is 5.96 Å². The number of likely N-dealkylation sites (N-methyl/N-ethyl adjacent to an activating group) is 1. The van der Waals surface area contributed by atoms with Crippen molar-refractivity contribution in [2.45, 2.75) is 25.9 Å². The maximum Gasteiger partial charge on any atom is 0.191 e. The van der Waals surface area contributed by atoms with E-state index in [-0.39, 0.29) is 0 Å². The summed E-state index contributed by atoms with van der Waals surface area (Å²) in [6, 6.07) is 19.6. The van der Waals surface area contributed by atoms with E-state index < -0.39 is 0 Å². The highest BCUT2D eigenvalue weighted by Crippen LogP contribution is 2.10. The SMILES string of the molecule is CN=C(NCCCc1ccccc1)NCc1ccc(CN2CCN(C)CC2)cc1. The minimum atomic E-state index is 0.785. The van der Waals surface area contributed by atoms with Crippen LogP contribution in [0.2, 0.25) is 0 Å². The Morgan fingerprint density at radius 1 is 0.862 bits per heavy atom. The molecule has 0 bridgehead atoms. The van der Waals surface area contributed by atoms with Crippen molar-refractivity contribution >= 4 is 5.96 Å². The second-order valence-corrected chi connectivity index (χ2v) is 7.84. The van der Waals surface area contributed by atoms with Gasteiger partial charge in [0, 0.05) is 52.9 Å². The van der Waals surface area contributed by atoms with Crippen LogP contribution in [-0.2, 0) is 19.5 Å². The number of nitrogens with zero attached hydrogens (tertiary/aromatic N) is 3. The Hall–Kier alpha value is -2.37. The van der Waals surface area contributed by atoms with Crippen LogP contribution in [-0.4, -0.2) is 62.6 Å². The van der Waals surface area contributed by atoms with Crippen LogP contribution in [0.1, 0.15) is 23.1 Å². The Morgan fingerprint density at radius 3 is 2.24 bits per heavy atom. The van der Waals surface area contributed by atoms with Gasteiger partial charge < -0.3 is 15.5 Å². The first-order valence-corrected chi connectivity index (χ1v) is 10.7. The lowest BCUT2D eigenvalue weighted by Crippen LogP contribution is -2.43. The first-order valence-electron chi connectivity index (χ1n) is 10.7. The van der Waals surface area contributed by atoms with Crippen LogP contribution < -0.4 is 10.6 Å². The fraction of sp³-hybridized carbons (Fsp3) is 0.458. The fourth-order valence-corrected chi connectivity index (χ4v) is 3.58. The highest BCUT2D eigenvalue weighted by molar-refractivity contribution is 5.79. The molecule has 2 aromatic carbocycles. The second kappa shape index (κ2) is 11.6. The van der Waals surface area contributed by atoms with E-state index in [4.69, 9.17) is 0 Å². The average Bonchev–Trinajstić information content (AvgIpc) is 2.76. The van der Waals surface area contributed by atoms with E-state index in [2.05, 4.69) is 87.1 Å². The molecule has 1 fully saturated rings. The molecule has 5 nitrogen and oxygen atoms in total. The van der Waals surface area contributed by atoms with Gasteiger partial charge in [-0.05, 0) is 36.6 Å². The van der Waals surface area contributed by atoms with Gasteiger partial charge in [-0.25, -0.2) is 0 Å². The Balaban J connectivity index is 1.35. The van der Waals surface area contributed by atoms with Gasteiger partial charge in [-0.1, -0.05) is 54.6 Å². The van der Waals surface area contributed by atoms with E-state index in [1.807, 2.05) is 7.05 Å². The van der Waals surface area contributed by atoms with Crippen molar-refractivity contribution in [3.8, 4) is 0 Å². The third kappa shape index (κ3) is 7.52. The highest BCUT2D eigenvalue weighted by Gasteiger charge is 2.13. The number of hydrogen-bond acceptors (Lipinski definition) is 3. The van der Waals surface area contributed by atoms with Crippen molar-refractivity contribution in [2.75, 3.05) is 46.8 Å². The minimum Gasteiger partial charge on any atom is -0.356 e. The molecule has 0 saturated carbocycles. The number of piperazine rings is 1. The van der Waals surface area contributed by atoms with Gasteiger partial charge in [0.05, 0.1) is 0 Å². The molecule has 0 radical (unpaired) electrons. The lowest BCUT2D eigenvalue weighted by atomic mass is 10.1. The van der Waals surface area contributed by atoms with Crippen molar-refractivity contribution in [1.82, 2.24) is 20.4 Å². The molecule has 156 valence electrons. The molecule has 0 amide bonds. The monoisotopic (exact) mass is 393 g/mol.